The number of nitrogens with one attached hydrogen (secondary N) is 2. The molecule has 2 N–H and O–H groups in total. The summed E-state index contributed by atoms with van der Waals surface area (Å²) in [7, 11) is 0. The Morgan fingerprint density at radius 2 is 2.23 bits per heavy atom. The Balaban J connectivity index is 2.17. The van der Waals surface area contributed by atoms with Gasteiger partial charge in [0.2, 0.25) is 0 Å². The first-order valence-electron chi connectivity index (χ1n) is 7.09. The van der Waals surface area contributed by atoms with Crippen molar-refractivity contribution < 1.29 is 0 Å². The molecule has 2 heterocycles. The van der Waals surface area contributed by atoms with Gasteiger partial charge < -0.3 is 4.57 Å². The number of aromatic nitrogens is 3. The number of nitrogens with zero attached hydrogens (tertiary/aromatic N) is 3. The average molecular weight is 322 g/mol. The van der Waals surface area contributed by atoms with Crippen molar-refractivity contribution in [3.8, 4) is 0 Å². The van der Waals surface area contributed by atoms with E-state index >= 15 is 0 Å². The van der Waals surface area contributed by atoms with E-state index in [2.05, 4.69) is 59.1 Å². The standard InChI is InChI=1S/C15H20ClN5O/c1-9(2)8-21-10(3)5-12(11(21)4)6-17-19-13-7-18-20-15(22)14(13)16/h5-7,9H,8H2,1-4H3,(H2,19,20,22)/b17-6-. The largest absolute Gasteiger partial charge is 0.348 e. The first kappa shape index (κ1) is 16.3. The van der Waals surface area contributed by atoms with Crippen LogP contribution in [0.15, 0.2) is 22.2 Å². The van der Waals surface area contributed by atoms with Gasteiger partial charge in [0.05, 0.1) is 12.4 Å². The predicted molar refractivity (Wildman–Crippen MR) is 89.8 cm³/mol. The van der Waals surface area contributed by atoms with Gasteiger partial charge in [0, 0.05) is 23.5 Å². The number of hydrazone groups is 1. The summed E-state index contributed by atoms with van der Waals surface area (Å²) < 4.78 is 2.27. The summed E-state index contributed by atoms with van der Waals surface area (Å²) in [6.07, 6.45) is 3.14. The lowest BCUT2D eigenvalue weighted by Gasteiger charge is -2.11. The van der Waals surface area contributed by atoms with E-state index in [0.29, 0.717) is 11.6 Å². The Kier molecular flexibility index (Phi) is 5.03. The lowest BCUT2D eigenvalue weighted by molar-refractivity contribution is 0.509. The number of aryl methyl sites for hydroxylation is 1. The maximum absolute atomic E-state index is 11.3. The van der Waals surface area contributed by atoms with Gasteiger partial charge in [0.1, 0.15) is 10.7 Å². The minimum absolute atomic E-state index is 0.0393. The van der Waals surface area contributed by atoms with E-state index in [1.807, 2.05) is 0 Å². The predicted octanol–water partition coefficient (Wildman–Crippen LogP) is 2.94. The molecule has 0 unspecified atom stereocenters. The lowest BCUT2D eigenvalue weighted by Crippen LogP contribution is -2.10. The molecule has 0 radical (unpaired) electrons. The van der Waals surface area contributed by atoms with E-state index in [9.17, 15) is 4.79 Å². The fraction of sp³-hybridized carbons (Fsp3) is 0.400. The Bertz CT molecular complexity index is 745. The summed E-state index contributed by atoms with van der Waals surface area (Å²) in [5.41, 5.74) is 6.05. The van der Waals surface area contributed by atoms with Crippen molar-refractivity contribution in [1.82, 2.24) is 14.8 Å². The van der Waals surface area contributed by atoms with Gasteiger partial charge >= 0.3 is 0 Å². The second-order valence-corrected chi connectivity index (χ2v) is 6.01. The Labute approximate surface area is 134 Å². The molecule has 0 saturated heterocycles. The first-order chi connectivity index (χ1) is 10.4. The van der Waals surface area contributed by atoms with Gasteiger partial charge in [-0.25, -0.2) is 5.10 Å². The van der Waals surface area contributed by atoms with Crippen LogP contribution < -0.4 is 11.0 Å². The molecule has 0 bridgehead atoms. The number of anilines is 1. The van der Waals surface area contributed by atoms with Gasteiger partial charge in [-0.2, -0.15) is 10.2 Å². The van der Waals surface area contributed by atoms with Crippen molar-refractivity contribution in [3.63, 3.8) is 0 Å². The lowest BCUT2D eigenvalue weighted by atomic mass is 10.2. The van der Waals surface area contributed by atoms with Crippen molar-refractivity contribution >= 4 is 23.5 Å². The van der Waals surface area contributed by atoms with Crippen LogP contribution in [0, 0.1) is 19.8 Å². The molecule has 0 amide bonds. The summed E-state index contributed by atoms with van der Waals surface area (Å²) in [5.74, 6) is 0.577. The Hall–Kier alpha value is -2.08. The number of hydrogen-bond donors (Lipinski definition) is 2. The number of halogens is 1. The summed E-state index contributed by atoms with van der Waals surface area (Å²) in [6, 6.07) is 2.08. The third kappa shape index (κ3) is 3.57. The van der Waals surface area contributed by atoms with Gasteiger partial charge in [-0.05, 0) is 25.8 Å². The third-order valence-electron chi connectivity index (χ3n) is 3.34. The van der Waals surface area contributed by atoms with Crippen LogP contribution in [0.5, 0.6) is 0 Å². The number of aromatic amines is 1. The fourth-order valence-electron chi connectivity index (χ4n) is 2.24. The third-order valence-corrected chi connectivity index (χ3v) is 3.72. The molecule has 118 valence electrons. The van der Waals surface area contributed by atoms with E-state index in [0.717, 1.165) is 17.8 Å². The second kappa shape index (κ2) is 6.79. The zero-order valence-electron chi connectivity index (χ0n) is 13.1. The van der Waals surface area contributed by atoms with Gasteiger partial charge in [-0.3, -0.25) is 10.2 Å². The van der Waals surface area contributed by atoms with Gasteiger partial charge in [0.15, 0.2) is 0 Å². The van der Waals surface area contributed by atoms with Crippen molar-refractivity contribution in [2.75, 3.05) is 5.43 Å². The summed E-state index contributed by atoms with van der Waals surface area (Å²) in [6.45, 7) is 9.51. The SMILES string of the molecule is Cc1cc(/C=N\Nc2cn[nH]c(=O)c2Cl)c(C)n1CC(C)C. The first-order valence-corrected chi connectivity index (χ1v) is 7.47. The van der Waals surface area contributed by atoms with Crippen LogP contribution in [0.1, 0.15) is 30.8 Å². The molecule has 22 heavy (non-hydrogen) atoms. The Morgan fingerprint density at radius 1 is 1.50 bits per heavy atom. The molecule has 6 nitrogen and oxygen atoms in total. The van der Waals surface area contributed by atoms with E-state index in [-0.39, 0.29) is 5.02 Å². The fourth-order valence-corrected chi connectivity index (χ4v) is 2.37. The van der Waals surface area contributed by atoms with E-state index < -0.39 is 5.56 Å². The molecule has 7 heteroatoms. The molecule has 0 aliphatic rings. The van der Waals surface area contributed by atoms with Crippen molar-refractivity contribution in [2.45, 2.75) is 34.2 Å². The molecule has 0 aliphatic heterocycles. The second-order valence-electron chi connectivity index (χ2n) is 5.63. The minimum Gasteiger partial charge on any atom is -0.348 e. The van der Waals surface area contributed by atoms with E-state index in [1.165, 1.54) is 11.9 Å². The molecule has 0 aliphatic carbocycles. The molecule has 0 spiro atoms. The van der Waals surface area contributed by atoms with Gasteiger partial charge in [-0.1, -0.05) is 25.4 Å². The highest BCUT2D eigenvalue weighted by molar-refractivity contribution is 6.32. The average Bonchev–Trinajstić information content (AvgIpc) is 2.71. The van der Waals surface area contributed by atoms with Crippen molar-refractivity contribution in [1.29, 1.82) is 0 Å². The maximum Gasteiger partial charge on any atom is 0.285 e. The molecule has 0 fully saturated rings. The van der Waals surface area contributed by atoms with Crippen LogP contribution >= 0.6 is 11.6 Å². The zero-order valence-corrected chi connectivity index (χ0v) is 13.9. The summed E-state index contributed by atoms with van der Waals surface area (Å²) in [4.78, 5) is 11.3. The molecule has 2 rings (SSSR count). The highest BCUT2D eigenvalue weighted by Crippen LogP contribution is 2.17. The molecule has 2 aromatic rings. The highest BCUT2D eigenvalue weighted by atomic mass is 35.5. The molecule has 0 atom stereocenters. The van der Waals surface area contributed by atoms with Crippen LogP contribution in [-0.2, 0) is 6.54 Å². The van der Waals surface area contributed by atoms with Crippen LogP contribution in [0.2, 0.25) is 5.02 Å². The minimum atomic E-state index is -0.447. The van der Waals surface area contributed by atoms with E-state index in [4.69, 9.17) is 11.6 Å². The van der Waals surface area contributed by atoms with Crippen LogP contribution in [0.3, 0.4) is 0 Å². The Morgan fingerprint density at radius 3 is 2.91 bits per heavy atom. The zero-order chi connectivity index (χ0) is 16.3. The summed E-state index contributed by atoms with van der Waals surface area (Å²) in [5, 5.41) is 10.1. The smallest absolute Gasteiger partial charge is 0.285 e. The molecular formula is C15H20ClN5O. The highest BCUT2D eigenvalue weighted by Gasteiger charge is 2.09. The van der Waals surface area contributed by atoms with Gasteiger partial charge in [0.25, 0.3) is 5.56 Å². The van der Waals surface area contributed by atoms with Crippen LogP contribution in [-0.4, -0.2) is 21.0 Å². The number of H-pyrrole nitrogens is 1. The summed E-state index contributed by atoms with van der Waals surface area (Å²) >= 11 is 5.87. The maximum atomic E-state index is 11.3. The van der Waals surface area contributed by atoms with Gasteiger partial charge in [-0.15, -0.1) is 0 Å². The molecular weight excluding hydrogens is 302 g/mol. The van der Waals surface area contributed by atoms with Crippen LogP contribution in [0.4, 0.5) is 5.69 Å². The number of hydrogen-bond acceptors (Lipinski definition) is 4. The topological polar surface area (TPSA) is 75.1 Å². The van der Waals surface area contributed by atoms with E-state index in [1.54, 1.807) is 6.21 Å². The van der Waals surface area contributed by atoms with Crippen molar-refractivity contribution in [3.05, 3.63) is 44.6 Å². The van der Waals surface area contributed by atoms with Crippen molar-refractivity contribution in [2.24, 2.45) is 11.0 Å². The quantitative estimate of drug-likeness (QED) is 0.656. The number of rotatable bonds is 5. The molecule has 0 aromatic carbocycles. The molecule has 2 aromatic heterocycles. The monoisotopic (exact) mass is 321 g/mol. The van der Waals surface area contributed by atoms with Crippen LogP contribution in [0.25, 0.3) is 0 Å². The molecule has 0 saturated carbocycles. The normalized spacial score (nSPS) is 11.5.